The molecule has 90 valence electrons. The van der Waals surface area contributed by atoms with Gasteiger partial charge in [0, 0.05) is 5.02 Å². The van der Waals surface area contributed by atoms with E-state index in [9.17, 15) is 0 Å². The van der Waals surface area contributed by atoms with Gasteiger partial charge in [-0.1, -0.05) is 29.3 Å². The van der Waals surface area contributed by atoms with Crippen LogP contribution in [-0.2, 0) is 0 Å². The van der Waals surface area contributed by atoms with Gasteiger partial charge in [-0.15, -0.1) is 0 Å². The van der Waals surface area contributed by atoms with Crippen LogP contribution in [0.25, 0.3) is 0 Å². The second kappa shape index (κ2) is 5.18. The highest BCUT2D eigenvalue weighted by Crippen LogP contribution is 2.31. The van der Waals surface area contributed by atoms with Gasteiger partial charge in [-0.05, 0) is 30.3 Å². The van der Waals surface area contributed by atoms with Crippen molar-refractivity contribution in [2.24, 2.45) is 0 Å². The first kappa shape index (κ1) is 12.6. The van der Waals surface area contributed by atoms with Gasteiger partial charge in [-0.2, -0.15) is 5.26 Å². The minimum atomic E-state index is 0.433. The molecule has 3 nitrogen and oxygen atoms in total. The number of rotatable bonds is 2. The number of nitrogens with zero attached hydrogens (tertiary/aromatic N) is 1. The molecule has 5 heteroatoms. The molecule has 0 amide bonds. The number of nitrogen functional groups attached to an aromatic ring is 1. The Kier molecular flexibility index (Phi) is 3.61. The highest BCUT2D eigenvalue weighted by atomic mass is 35.5. The predicted octanol–water partition coefficient (Wildman–Crippen LogP) is 4.19. The van der Waals surface area contributed by atoms with Crippen LogP contribution in [0.2, 0.25) is 10.0 Å². The fourth-order valence-electron chi connectivity index (χ4n) is 1.51. The van der Waals surface area contributed by atoms with Crippen molar-refractivity contribution in [1.82, 2.24) is 0 Å². The summed E-state index contributed by atoms with van der Waals surface area (Å²) < 4.78 is 0. The van der Waals surface area contributed by atoms with Crippen LogP contribution in [0.3, 0.4) is 0 Å². The zero-order valence-corrected chi connectivity index (χ0v) is 10.8. The summed E-state index contributed by atoms with van der Waals surface area (Å²) >= 11 is 11.8. The lowest BCUT2D eigenvalue weighted by Gasteiger charge is -2.11. The van der Waals surface area contributed by atoms with Crippen molar-refractivity contribution in [3.8, 4) is 6.07 Å². The number of nitrogens with one attached hydrogen (secondary N) is 1. The number of hydrogen-bond acceptors (Lipinski definition) is 3. The van der Waals surface area contributed by atoms with Crippen molar-refractivity contribution >= 4 is 40.3 Å². The van der Waals surface area contributed by atoms with Crippen LogP contribution in [-0.4, -0.2) is 0 Å². The summed E-state index contributed by atoms with van der Waals surface area (Å²) in [7, 11) is 0. The van der Waals surface area contributed by atoms with Gasteiger partial charge in [0.15, 0.2) is 0 Å². The number of para-hydroxylation sites is 1. The molecule has 0 aliphatic heterocycles. The Labute approximate surface area is 115 Å². The van der Waals surface area contributed by atoms with E-state index < -0.39 is 0 Å². The first-order chi connectivity index (χ1) is 8.61. The molecular weight excluding hydrogens is 269 g/mol. The van der Waals surface area contributed by atoms with E-state index in [1.165, 1.54) is 0 Å². The topological polar surface area (TPSA) is 61.8 Å². The van der Waals surface area contributed by atoms with E-state index in [1.54, 1.807) is 36.4 Å². The van der Waals surface area contributed by atoms with Gasteiger partial charge in [0.05, 0.1) is 27.6 Å². The van der Waals surface area contributed by atoms with Crippen molar-refractivity contribution in [2.45, 2.75) is 0 Å². The number of hydrogen-bond donors (Lipinski definition) is 2. The normalized spacial score (nSPS) is 9.83. The molecule has 2 rings (SSSR count). The van der Waals surface area contributed by atoms with Crippen LogP contribution < -0.4 is 11.1 Å². The molecule has 3 N–H and O–H groups in total. The number of benzene rings is 2. The van der Waals surface area contributed by atoms with Crippen LogP contribution in [0, 0.1) is 11.3 Å². The molecule has 18 heavy (non-hydrogen) atoms. The van der Waals surface area contributed by atoms with E-state index in [-0.39, 0.29) is 0 Å². The van der Waals surface area contributed by atoms with Gasteiger partial charge in [-0.25, -0.2) is 0 Å². The van der Waals surface area contributed by atoms with Crippen molar-refractivity contribution in [1.29, 1.82) is 5.26 Å². The fourth-order valence-corrected chi connectivity index (χ4v) is 1.86. The Morgan fingerprint density at radius 1 is 1.11 bits per heavy atom. The van der Waals surface area contributed by atoms with Crippen molar-refractivity contribution < 1.29 is 0 Å². The molecule has 0 aliphatic rings. The summed E-state index contributed by atoms with van der Waals surface area (Å²) in [5.74, 6) is 0. The Balaban J connectivity index is 2.43. The van der Waals surface area contributed by atoms with Gasteiger partial charge in [0.2, 0.25) is 0 Å². The van der Waals surface area contributed by atoms with E-state index in [4.69, 9.17) is 34.2 Å². The molecule has 0 bridgehead atoms. The summed E-state index contributed by atoms with van der Waals surface area (Å²) in [5, 5.41) is 13.1. The standard InChI is InChI=1S/C13H9Cl2N3/c14-9-5-4-8(7-16)12(6-9)18-11-3-1-2-10(15)13(11)17/h1-6,18H,17H2. The van der Waals surface area contributed by atoms with Gasteiger partial charge in [0.1, 0.15) is 6.07 Å². The molecular formula is C13H9Cl2N3. The second-order valence-electron chi connectivity index (χ2n) is 3.63. The summed E-state index contributed by atoms with van der Waals surface area (Å²) in [6.07, 6.45) is 0. The zero-order chi connectivity index (χ0) is 13.1. The molecule has 0 aliphatic carbocycles. The molecule has 0 saturated heterocycles. The van der Waals surface area contributed by atoms with E-state index in [2.05, 4.69) is 11.4 Å². The Bertz CT molecular complexity index is 633. The third-order valence-corrected chi connectivity index (χ3v) is 2.99. The molecule has 0 heterocycles. The van der Waals surface area contributed by atoms with Crippen LogP contribution in [0.5, 0.6) is 0 Å². The number of nitriles is 1. The molecule has 0 spiro atoms. The number of anilines is 3. The lowest BCUT2D eigenvalue weighted by atomic mass is 10.2. The van der Waals surface area contributed by atoms with Crippen LogP contribution in [0.1, 0.15) is 5.56 Å². The predicted molar refractivity (Wildman–Crippen MR) is 75.3 cm³/mol. The van der Waals surface area contributed by atoms with Crippen molar-refractivity contribution in [2.75, 3.05) is 11.1 Å². The average molecular weight is 278 g/mol. The molecule has 0 radical (unpaired) electrons. The lowest BCUT2D eigenvalue weighted by Crippen LogP contribution is -1.98. The monoisotopic (exact) mass is 277 g/mol. The van der Waals surface area contributed by atoms with Crippen LogP contribution >= 0.6 is 23.2 Å². The van der Waals surface area contributed by atoms with Crippen LogP contribution in [0.4, 0.5) is 17.1 Å². The molecule has 0 fully saturated rings. The van der Waals surface area contributed by atoms with Gasteiger partial charge in [-0.3, -0.25) is 0 Å². The maximum atomic E-state index is 9.02. The first-order valence-electron chi connectivity index (χ1n) is 5.12. The van der Waals surface area contributed by atoms with E-state index in [0.29, 0.717) is 32.7 Å². The molecule has 0 saturated carbocycles. The Morgan fingerprint density at radius 3 is 2.61 bits per heavy atom. The van der Waals surface area contributed by atoms with E-state index in [0.717, 1.165) is 0 Å². The SMILES string of the molecule is N#Cc1ccc(Cl)cc1Nc1cccc(Cl)c1N. The summed E-state index contributed by atoms with van der Waals surface area (Å²) in [6.45, 7) is 0. The number of nitrogens with two attached hydrogens (primary N) is 1. The molecule has 0 unspecified atom stereocenters. The third kappa shape index (κ3) is 2.51. The van der Waals surface area contributed by atoms with Crippen LogP contribution in [0.15, 0.2) is 36.4 Å². The fraction of sp³-hybridized carbons (Fsp3) is 0. The second-order valence-corrected chi connectivity index (χ2v) is 4.47. The summed E-state index contributed by atoms with van der Waals surface area (Å²) in [6, 6.07) is 12.3. The molecule has 0 atom stereocenters. The van der Waals surface area contributed by atoms with Crippen molar-refractivity contribution in [3.05, 3.63) is 52.0 Å². The van der Waals surface area contributed by atoms with Gasteiger partial charge < -0.3 is 11.1 Å². The molecule has 0 aromatic heterocycles. The number of halogens is 2. The highest BCUT2D eigenvalue weighted by Gasteiger charge is 2.07. The minimum Gasteiger partial charge on any atom is -0.396 e. The van der Waals surface area contributed by atoms with Crippen molar-refractivity contribution in [3.63, 3.8) is 0 Å². The average Bonchev–Trinajstić information content (AvgIpc) is 2.35. The quantitative estimate of drug-likeness (QED) is 0.809. The van der Waals surface area contributed by atoms with E-state index in [1.807, 2.05) is 0 Å². The van der Waals surface area contributed by atoms with Gasteiger partial charge >= 0.3 is 0 Å². The first-order valence-corrected chi connectivity index (χ1v) is 5.88. The zero-order valence-electron chi connectivity index (χ0n) is 9.24. The third-order valence-electron chi connectivity index (χ3n) is 2.42. The van der Waals surface area contributed by atoms with E-state index >= 15 is 0 Å². The molecule has 2 aromatic rings. The summed E-state index contributed by atoms with van der Waals surface area (Å²) in [4.78, 5) is 0. The Morgan fingerprint density at radius 2 is 1.89 bits per heavy atom. The minimum absolute atomic E-state index is 0.433. The highest BCUT2D eigenvalue weighted by molar-refractivity contribution is 6.33. The maximum Gasteiger partial charge on any atom is 0.101 e. The van der Waals surface area contributed by atoms with Gasteiger partial charge in [0.25, 0.3) is 0 Å². The maximum absolute atomic E-state index is 9.02. The molecule has 2 aromatic carbocycles. The summed E-state index contributed by atoms with van der Waals surface area (Å²) in [5.41, 5.74) is 8.00. The smallest absolute Gasteiger partial charge is 0.101 e. The largest absolute Gasteiger partial charge is 0.396 e. The Hall–Kier alpha value is -1.89. The lowest BCUT2D eigenvalue weighted by molar-refractivity contribution is 1.46.